The van der Waals surface area contributed by atoms with E-state index in [-0.39, 0.29) is 17.3 Å². The summed E-state index contributed by atoms with van der Waals surface area (Å²) in [5.41, 5.74) is 1.85. The number of thioether (sulfide) groups is 1. The van der Waals surface area contributed by atoms with Crippen molar-refractivity contribution in [3.63, 3.8) is 0 Å². The number of amides is 1. The van der Waals surface area contributed by atoms with E-state index in [0.717, 1.165) is 17.6 Å². The number of aromatic amines is 1. The molecule has 1 aromatic carbocycles. The number of carbonyl (C=O) groups excluding carboxylic acids is 1. The largest absolute Gasteiger partial charge is 0.343 e. The number of H-pyrrole nitrogens is 1. The number of nitrogens with zero attached hydrogens (tertiary/aromatic N) is 3. The van der Waals surface area contributed by atoms with Gasteiger partial charge >= 0.3 is 5.69 Å². The van der Waals surface area contributed by atoms with Crippen molar-refractivity contribution in [3.05, 3.63) is 58.5 Å². The first-order valence-corrected chi connectivity index (χ1v) is 9.24. The van der Waals surface area contributed by atoms with Gasteiger partial charge in [0.15, 0.2) is 5.16 Å². The maximum absolute atomic E-state index is 12.3. The summed E-state index contributed by atoms with van der Waals surface area (Å²) in [6.45, 7) is 9.40. The summed E-state index contributed by atoms with van der Waals surface area (Å²) < 4.78 is 1.58. The van der Waals surface area contributed by atoms with Gasteiger partial charge in [-0.05, 0) is 25.8 Å². The predicted molar refractivity (Wildman–Crippen MR) is 101 cm³/mol. The lowest BCUT2D eigenvalue weighted by Gasteiger charge is -2.20. The third kappa shape index (κ3) is 5.63. The van der Waals surface area contributed by atoms with Gasteiger partial charge < -0.3 is 4.90 Å². The minimum absolute atomic E-state index is 0.0144. The van der Waals surface area contributed by atoms with Gasteiger partial charge in [0.1, 0.15) is 0 Å². The topological polar surface area (TPSA) is 71.0 Å². The fourth-order valence-electron chi connectivity index (χ4n) is 2.42. The molecule has 0 saturated carbocycles. The Morgan fingerprint density at radius 3 is 2.72 bits per heavy atom. The second-order valence-corrected chi connectivity index (χ2v) is 6.79. The molecule has 0 bridgehead atoms. The average molecular weight is 360 g/mol. The van der Waals surface area contributed by atoms with Gasteiger partial charge in [0, 0.05) is 19.6 Å². The molecule has 0 atom stereocenters. The van der Waals surface area contributed by atoms with Crippen LogP contribution in [0.3, 0.4) is 0 Å². The van der Waals surface area contributed by atoms with Crippen molar-refractivity contribution in [1.82, 2.24) is 19.7 Å². The third-order valence-corrected chi connectivity index (χ3v) is 4.67. The van der Waals surface area contributed by atoms with Crippen molar-refractivity contribution >= 4 is 17.7 Å². The van der Waals surface area contributed by atoms with Crippen LogP contribution in [0.2, 0.25) is 0 Å². The number of aryl methyl sites for hydroxylation is 1. The molecule has 1 aromatic heterocycles. The standard InChI is InChI=1S/C18H24N4O2S/c1-4-21(12-14(2)3)16(23)13-25-18-20-19-17(24)22(18)11-10-15-8-6-5-7-9-15/h5-9H,2,4,10-13H2,1,3H3,(H,19,24). The normalized spacial score (nSPS) is 10.6. The van der Waals surface area contributed by atoms with E-state index in [0.29, 0.717) is 24.8 Å². The van der Waals surface area contributed by atoms with E-state index in [1.165, 1.54) is 11.8 Å². The van der Waals surface area contributed by atoms with Crippen molar-refractivity contribution in [1.29, 1.82) is 0 Å². The monoisotopic (exact) mass is 360 g/mol. The fourth-order valence-corrected chi connectivity index (χ4v) is 3.29. The zero-order valence-electron chi connectivity index (χ0n) is 14.7. The minimum Gasteiger partial charge on any atom is -0.338 e. The van der Waals surface area contributed by atoms with E-state index >= 15 is 0 Å². The second kappa shape index (κ2) is 9.27. The van der Waals surface area contributed by atoms with Crippen molar-refractivity contribution in [2.45, 2.75) is 32.0 Å². The lowest BCUT2D eigenvalue weighted by atomic mass is 10.1. The van der Waals surface area contributed by atoms with E-state index in [1.807, 2.05) is 44.2 Å². The molecule has 0 aliphatic carbocycles. The SMILES string of the molecule is C=C(C)CN(CC)C(=O)CSc1n[nH]c(=O)n1CCc1ccccc1. The number of hydrogen-bond acceptors (Lipinski definition) is 4. The average Bonchev–Trinajstić information content (AvgIpc) is 2.96. The molecule has 1 amide bonds. The van der Waals surface area contributed by atoms with E-state index in [9.17, 15) is 9.59 Å². The van der Waals surface area contributed by atoms with Crippen LogP contribution in [0.1, 0.15) is 19.4 Å². The number of rotatable bonds is 9. The Kier molecular flexibility index (Phi) is 7.06. The smallest absolute Gasteiger partial charge is 0.338 e. The van der Waals surface area contributed by atoms with Crippen LogP contribution >= 0.6 is 11.8 Å². The highest BCUT2D eigenvalue weighted by atomic mass is 32.2. The molecule has 0 aliphatic heterocycles. The molecular formula is C18H24N4O2S. The number of benzene rings is 1. The number of likely N-dealkylation sites (N-methyl/N-ethyl adjacent to an activating group) is 1. The molecule has 134 valence electrons. The number of nitrogens with one attached hydrogen (secondary N) is 1. The Morgan fingerprint density at radius 2 is 2.08 bits per heavy atom. The lowest BCUT2D eigenvalue weighted by Crippen LogP contribution is -2.33. The fraction of sp³-hybridized carbons (Fsp3) is 0.389. The highest BCUT2D eigenvalue weighted by molar-refractivity contribution is 7.99. The third-order valence-electron chi connectivity index (χ3n) is 3.71. The molecule has 0 fully saturated rings. The molecule has 25 heavy (non-hydrogen) atoms. The van der Waals surface area contributed by atoms with Crippen molar-refractivity contribution in [2.24, 2.45) is 0 Å². The highest BCUT2D eigenvalue weighted by Gasteiger charge is 2.15. The number of carbonyl (C=O) groups is 1. The summed E-state index contributed by atoms with van der Waals surface area (Å²) in [6, 6.07) is 9.97. The summed E-state index contributed by atoms with van der Waals surface area (Å²) in [5, 5.41) is 7.06. The zero-order valence-corrected chi connectivity index (χ0v) is 15.5. The second-order valence-electron chi connectivity index (χ2n) is 5.85. The quantitative estimate of drug-likeness (QED) is 0.550. The first-order valence-electron chi connectivity index (χ1n) is 8.25. The minimum atomic E-state index is -0.250. The van der Waals surface area contributed by atoms with Gasteiger partial charge in [-0.2, -0.15) is 0 Å². The van der Waals surface area contributed by atoms with Crippen LogP contribution in [-0.4, -0.2) is 44.4 Å². The molecule has 1 heterocycles. The Balaban J connectivity index is 1.97. The van der Waals surface area contributed by atoms with Gasteiger partial charge in [-0.3, -0.25) is 9.36 Å². The number of hydrogen-bond donors (Lipinski definition) is 1. The van der Waals surface area contributed by atoms with Gasteiger partial charge in [0.25, 0.3) is 0 Å². The molecule has 0 radical (unpaired) electrons. The Bertz CT molecular complexity index is 767. The van der Waals surface area contributed by atoms with E-state index < -0.39 is 0 Å². The van der Waals surface area contributed by atoms with Gasteiger partial charge in [0.2, 0.25) is 5.91 Å². The van der Waals surface area contributed by atoms with Gasteiger partial charge in [-0.1, -0.05) is 54.2 Å². The summed E-state index contributed by atoms with van der Waals surface area (Å²) in [7, 11) is 0. The molecule has 2 rings (SSSR count). The molecule has 7 heteroatoms. The Labute approximate surface area is 151 Å². The molecule has 2 aromatic rings. The van der Waals surface area contributed by atoms with Gasteiger partial charge in [-0.25, -0.2) is 9.89 Å². The van der Waals surface area contributed by atoms with Crippen LogP contribution in [0.25, 0.3) is 0 Å². The highest BCUT2D eigenvalue weighted by Crippen LogP contribution is 2.15. The lowest BCUT2D eigenvalue weighted by molar-refractivity contribution is -0.127. The molecule has 0 saturated heterocycles. The molecule has 1 N–H and O–H groups in total. The molecule has 0 unspecified atom stereocenters. The van der Waals surface area contributed by atoms with Gasteiger partial charge in [0.05, 0.1) is 5.75 Å². The van der Waals surface area contributed by atoms with Crippen LogP contribution in [0, 0.1) is 0 Å². The van der Waals surface area contributed by atoms with Crippen LogP contribution in [-0.2, 0) is 17.8 Å². The van der Waals surface area contributed by atoms with E-state index in [1.54, 1.807) is 9.47 Å². The number of aromatic nitrogens is 3. The first-order chi connectivity index (χ1) is 12.0. The maximum Gasteiger partial charge on any atom is 0.343 e. The van der Waals surface area contributed by atoms with Crippen molar-refractivity contribution in [3.8, 4) is 0 Å². The molecule has 0 aliphatic rings. The molecule has 6 nitrogen and oxygen atoms in total. The van der Waals surface area contributed by atoms with Gasteiger partial charge in [-0.15, -0.1) is 5.10 Å². The van der Waals surface area contributed by atoms with E-state index in [4.69, 9.17) is 0 Å². The zero-order chi connectivity index (χ0) is 18.2. The molecular weight excluding hydrogens is 336 g/mol. The Morgan fingerprint density at radius 1 is 1.36 bits per heavy atom. The maximum atomic E-state index is 12.3. The summed E-state index contributed by atoms with van der Waals surface area (Å²) in [4.78, 5) is 26.0. The Hall–Kier alpha value is -2.28. The van der Waals surface area contributed by atoms with Crippen molar-refractivity contribution in [2.75, 3.05) is 18.8 Å². The first kappa shape index (κ1) is 19.1. The van der Waals surface area contributed by atoms with Crippen LogP contribution in [0.4, 0.5) is 0 Å². The van der Waals surface area contributed by atoms with Crippen molar-refractivity contribution < 1.29 is 4.79 Å². The van der Waals surface area contributed by atoms with Crippen LogP contribution < -0.4 is 5.69 Å². The summed E-state index contributed by atoms with van der Waals surface area (Å²) in [6.07, 6.45) is 0.735. The predicted octanol–water partition coefficient (Wildman–Crippen LogP) is 2.33. The molecule has 0 spiro atoms. The van der Waals surface area contributed by atoms with Crippen LogP contribution in [0.5, 0.6) is 0 Å². The van der Waals surface area contributed by atoms with Crippen LogP contribution in [0.15, 0.2) is 52.4 Å². The van der Waals surface area contributed by atoms with E-state index in [2.05, 4.69) is 16.8 Å². The summed E-state index contributed by atoms with van der Waals surface area (Å²) >= 11 is 1.28. The summed E-state index contributed by atoms with van der Waals surface area (Å²) in [5.74, 6) is 0.261.